The molecule has 1 amide bonds. The van der Waals surface area contributed by atoms with Gasteiger partial charge in [-0.05, 0) is 37.0 Å². The molecule has 0 bridgehead atoms. The molecule has 0 aromatic heterocycles. The van der Waals surface area contributed by atoms with E-state index in [0.29, 0.717) is 23.0 Å². The van der Waals surface area contributed by atoms with Crippen LogP contribution in [0.15, 0.2) is 18.2 Å². The van der Waals surface area contributed by atoms with Gasteiger partial charge in [-0.15, -0.1) is 0 Å². The first-order valence-corrected chi connectivity index (χ1v) is 8.11. The number of carbonyl (C=O) groups is 1. The first-order chi connectivity index (χ1) is 10.5. The SMILES string of the molecule is CC(C)C(=O)NC[C@H]1CCCN(c2ccc(Cl)cc2C#N)C1. The van der Waals surface area contributed by atoms with E-state index in [-0.39, 0.29) is 11.8 Å². The van der Waals surface area contributed by atoms with E-state index < -0.39 is 0 Å². The molecule has 0 spiro atoms. The highest BCUT2D eigenvalue weighted by Gasteiger charge is 2.22. The summed E-state index contributed by atoms with van der Waals surface area (Å²) >= 11 is 5.96. The van der Waals surface area contributed by atoms with Crippen LogP contribution in [0.4, 0.5) is 5.69 Å². The van der Waals surface area contributed by atoms with Gasteiger partial charge >= 0.3 is 0 Å². The van der Waals surface area contributed by atoms with Crippen molar-refractivity contribution in [1.29, 1.82) is 5.26 Å². The number of nitrogens with zero attached hydrogens (tertiary/aromatic N) is 2. The molecule has 22 heavy (non-hydrogen) atoms. The van der Waals surface area contributed by atoms with E-state index in [2.05, 4.69) is 16.3 Å². The van der Waals surface area contributed by atoms with Gasteiger partial charge in [0.1, 0.15) is 6.07 Å². The minimum Gasteiger partial charge on any atom is -0.370 e. The lowest BCUT2D eigenvalue weighted by atomic mass is 9.96. The zero-order valence-electron chi connectivity index (χ0n) is 13.1. The number of rotatable bonds is 4. The van der Waals surface area contributed by atoms with Gasteiger partial charge in [0.15, 0.2) is 0 Å². The Bertz CT molecular complexity index is 580. The number of piperidine rings is 1. The van der Waals surface area contributed by atoms with Crippen molar-refractivity contribution in [2.45, 2.75) is 26.7 Å². The monoisotopic (exact) mass is 319 g/mol. The average molecular weight is 320 g/mol. The summed E-state index contributed by atoms with van der Waals surface area (Å²) in [5.41, 5.74) is 1.55. The van der Waals surface area contributed by atoms with Gasteiger partial charge in [-0.2, -0.15) is 5.26 Å². The molecule has 4 nitrogen and oxygen atoms in total. The van der Waals surface area contributed by atoms with Crippen molar-refractivity contribution < 1.29 is 4.79 Å². The Labute approximate surface area is 137 Å². The molecule has 1 atom stereocenters. The molecule has 1 heterocycles. The molecule has 1 N–H and O–H groups in total. The predicted molar refractivity (Wildman–Crippen MR) is 89.0 cm³/mol. The second-order valence-corrected chi connectivity index (χ2v) is 6.56. The Balaban J connectivity index is 2.02. The Morgan fingerprint density at radius 3 is 3.00 bits per heavy atom. The summed E-state index contributed by atoms with van der Waals surface area (Å²) in [6.07, 6.45) is 2.17. The molecule has 1 fully saturated rings. The molecular formula is C17H22ClN3O. The third-order valence-corrected chi connectivity index (χ3v) is 4.26. The van der Waals surface area contributed by atoms with Gasteiger partial charge in [-0.25, -0.2) is 0 Å². The van der Waals surface area contributed by atoms with Crippen LogP contribution in [-0.4, -0.2) is 25.5 Å². The van der Waals surface area contributed by atoms with Gasteiger partial charge in [0, 0.05) is 30.6 Å². The van der Waals surface area contributed by atoms with E-state index in [0.717, 1.165) is 31.6 Å². The highest BCUT2D eigenvalue weighted by Crippen LogP contribution is 2.28. The normalized spacial score (nSPS) is 18.1. The summed E-state index contributed by atoms with van der Waals surface area (Å²) in [7, 11) is 0. The Hall–Kier alpha value is -1.73. The number of nitrogens with one attached hydrogen (secondary N) is 1. The fraction of sp³-hybridized carbons (Fsp3) is 0.529. The van der Waals surface area contributed by atoms with Gasteiger partial charge in [-0.1, -0.05) is 25.4 Å². The van der Waals surface area contributed by atoms with E-state index in [9.17, 15) is 10.1 Å². The maximum absolute atomic E-state index is 11.7. The molecule has 0 saturated carbocycles. The van der Waals surface area contributed by atoms with E-state index >= 15 is 0 Å². The molecule has 1 aromatic carbocycles. The molecule has 1 saturated heterocycles. The lowest BCUT2D eigenvalue weighted by Gasteiger charge is -2.35. The van der Waals surface area contributed by atoms with Crippen molar-refractivity contribution in [2.75, 3.05) is 24.5 Å². The van der Waals surface area contributed by atoms with Crippen LogP contribution in [0.3, 0.4) is 0 Å². The van der Waals surface area contributed by atoms with Crippen molar-refractivity contribution in [2.24, 2.45) is 11.8 Å². The van der Waals surface area contributed by atoms with Gasteiger partial charge in [0.25, 0.3) is 0 Å². The molecule has 5 heteroatoms. The van der Waals surface area contributed by atoms with Crippen LogP contribution in [0, 0.1) is 23.2 Å². The molecular weight excluding hydrogens is 298 g/mol. The molecule has 118 valence electrons. The molecule has 0 aliphatic carbocycles. The van der Waals surface area contributed by atoms with E-state index in [1.165, 1.54) is 0 Å². The zero-order valence-corrected chi connectivity index (χ0v) is 13.9. The molecule has 1 aliphatic rings. The lowest BCUT2D eigenvalue weighted by Crippen LogP contribution is -2.42. The smallest absolute Gasteiger partial charge is 0.222 e. The molecule has 0 radical (unpaired) electrons. The largest absolute Gasteiger partial charge is 0.370 e. The van der Waals surface area contributed by atoms with Crippen molar-refractivity contribution in [3.63, 3.8) is 0 Å². The van der Waals surface area contributed by atoms with Gasteiger partial charge < -0.3 is 10.2 Å². The summed E-state index contributed by atoms with van der Waals surface area (Å²) in [6, 6.07) is 7.66. The summed E-state index contributed by atoms with van der Waals surface area (Å²) in [5, 5.41) is 12.9. The van der Waals surface area contributed by atoms with Crippen molar-refractivity contribution in [1.82, 2.24) is 5.32 Å². The fourth-order valence-electron chi connectivity index (χ4n) is 2.77. The van der Waals surface area contributed by atoms with Crippen LogP contribution in [-0.2, 0) is 4.79 Å². The molecule has 1 aromatic rings. The van der Waals surface area contributed by atoms with Crippen LogP contribution in [0.1, 0.15) is 32.3 Å². The van der Waals surface area contributed by atoms with Crippen molar-refractivity contribution in [3.05, 3.63) is 28.8 Å². The first-order valence-electron chi connectivity index (χ1n) is 7.73. The quantitative estimate of drug-likeness (QED) is 0.927. The topological polar surface area (TPSA) is 56.1 Å². The van der Waals surface area contributed by atoms with Crippen molar-refractivity contribution in [3.8, 4) is 6.07 Å². The minimum absolute atomic E-state index is 0.0150. The number of benzene rings is 1. The Morgan fingerprint density at radius 1 is 1.55 bits per heavy atom. The number of halogens is 1. The second-order valence-electron chi connectivity index (χ2n) is 6.13. The zero-order chi connectivity index (χ0) is 16.1. The molecule has 1 aliphatic heterocycles. The maximum atomic E-state index is 11.7. The standard InChI is InChI=1S/C17H22ClN3O/c1-12(2)17(22)20-10-13-4-3-7-21(11-13)16-6-5-15(18)8-14(16)9-19/h5-6,8,12-13H,3-4,7,10-11H2,1-2H3,(H,20,22)/t13-/m1/s1. The summed E-state index contributed by atoms with van der Waals surface area (Å²) in [4.78, 5) is 13.9. The number of amides is 1. The van der Waals surface area contributed by atoms with Crippen LogP contribution < -0.4 is 10.2 Å². The average Bonchev–Trinajstić information content (AvgIpc) is 2.52. The third kappa shape index (κ3) is 4.14. The van der Waals surface area contributed by atoms with Crippen LogP contribution in [0.5, 0.6) is 0 Å². The predicted octanol–water partition coefficient (Wildman–Crippen LogP) is 3.20. The number of hydrogen-bond acceptors (Lipinski definition) is 3. The highest BCUT2D eigenvalue weighted by atomic mass is 35.5. The van der Waals surface area contributed by atoms with Crippen molar-refractivity contribution >= 4 is 23.2 Å². The lowest BCUT2D eigenvalue weighted by molar-refractivity contribution is -0.124. The number of hydrogen-bond donors (Lipinski definition) is 1. The fourth-order valence-corrected chi connectivity index (χ4v) is 2.95. The second kappa shape index (κ2) is 7.51. The maximum Gasteiger partial charge on any atom is 0.222 e. The van der Waals surface area contributed by atoms with Crippen LogP contribution >= 0.6 is 11.6 Å². The summed E-state index contributed by atoms with van der Waals surface area (Å²) in [5.74, 6) is 0.529. The van der Waals surface area contributed by atoms with E-state index in [1.807, 2.05) is 26.0 Å². The molecule has 0 unspecified atom stereocenters. The van der Waals surface area contributed by atoms with E-state index in [4.69, 9.17) is 11.6 Å². The van der Waals surface area contributed by atoms with Crippen LogP contribution in [0.2, 0.25) is 5.02 Å². The first kappa shape index (κ1) is 16.6. The van der Waals surface area contributed by atoms with Crippen LogP contribution in [0.25, 0.3) is 0 Å². The Kier molecular flexibility index (Phi) is 5.68. The van der Waals surface area contributed by atoms with Gasteiger partial charge in [0.05, 0.1) is 11.3 Å². The summed E-state index contributed by atoms with van der Waals surface area (Å²) in [6.45, 7) is 6.29. The number of anilines is 1. The third-order valence-electron chi connectivity index (χ3n) is 4.03. The van der Waals surface area contributed by atoms with Gasteiger partial charge in [0.2, 0.25) is 5.91 Å². The number of nitriles is 1. The number of carbonyl (C=O) groups excluding carboxylic acids is 1. The molecule has 2 rings (SSSR count). The summed E-state index contributed by atoms with van der Waals surface area (Å²) < 4.78 is 0. The van der Waals surface area contributed by atoms with Gasteiger partial charge in [-0.3, -0.25) is 4.79 Å². The Morgan fingerprint density at radius 2 is 2.32 bits per heavy atom. The van der Waals surface area contributed by atoms with E-state index in [1.54, 1.807) is 6.07 Å². The highest BCUT2D eigenvalue weighted by molar-refractivity contribution is 6.30. The minimum atomic E-state index is 0.0150.